The molecule has 6 heteroatoms. The second kappa shape index (κ2) is 5.68. The van der Waals surface area contributed by atoms with Gasteiger partial charge in [0.15, 0.2) is 0 Å². The van der Waals surface area contributed by atoms with E-state index >= 15 is 0 Å². The molecule has 0 aliphatic rings. The first-order valence-corrected chi connectivity index (χ1v) is 5.88. The number of methoxy groups -OCH3 is 2. The van der Waals surface area contributed by atoms with Crippen LogP contribution < -0.4 is 14.2 Å². The summed E-state index contributed by atoms with van der Waals surface area (Å²) in [4.78, 5) is 7.89. The van der Waals surface area contributed by atoms with Crippen molar-refractivity contribution < 1.29 is 14.2 Å². The molecule has 1 heterocycles. The Balaban J connectivity index is 2.31. The maximum Gasteiger partial charge on any atom is 0.236 e. The molecule has 1 aromatic heterocycles. The van der Waals surface area contributed by atoms with E-state index in [0.717, 1.165) is 0 Å². The van der Waals surface area contributed by atoms with Crippen LogP contribution in [-0.2, 0) is 0 Å². The van der Waals surface area contributed by atoms with Gasteiger partial charge in [0, 0.05) is 24.4 Å². The van der Waals surface area contributed by atoms with Crippen molar-refractivity contribution in [3.8, 4) is 23.1 Å². The van der Waals surface area contributed by atoms with Crippen LogP contribution in [-0.4, -0.2) is 24.2 Å². The third-order valence-electron chi connectivity index (χ3n) is 2.17. The van der Waals surface area contributed by atoms with Gasteiger partial charge < -0.3 is 14.2 Å². The minimum atomic E-state index is 0.431. The molecule has 5 nitrogen and oxygen atoms in total. The average Bonchev–Trinajstić information content (AvgIpc) is 2.41. The summed E-state index contributed by atoms with van der Waals surface area (Å²) < 4.78 is 16.6. The van der Waals surface area contributed by atoms with Crippen molar-refractivity contribution in [1.29, 1.82) is 0 Å². The highest BCUT2D eigenvalue weighted by molar-refractivity contribution is 9.10. The van der Waals surface area contributed by atoms with Gasteiger partial charge >= 0.3 is 0 Å². The lowest BCUT2D eigenvalue weighted by atomic mass is 10.3. The Kier molecular flexibility index (Phi) is 3.99. The van der Waals surface area contributed by atoms with Gasteiger partial charge in [-0.2, -0.15) is 0 Å². The number of hydrogen-bond acceptors (Lipinski definition) is 5. The number of hydrogen-bond donors (Lipinski definition) is 0. The van der Waals surface area contributed by atoms with Crippen LogP contribution >= 0.6 is 15.9 Å². The molecule has 2 aromatic rings. The zero-order valence-corrected chi connectivity index (χ0v) is 11.5. The fourth-order valence-corrected chi connectivity index (χ4v) is 1.63. The Morgan fingerprint density at radius 2 is 1.61 bits per heavy atom. The summed E-state index contributed by atoms with van der Waals surface area (Å²) in [5.41, 5.74) is 0. The summed E-state index contributed by atoms with van der Waals surface area (Å²) in [5, 5.41) is 0. The van der Waals surface area contributed by atoms with Crippen molar-refractivity contribution >= 4 is 15.9 Å². The molecule has 0 N–H and O–H groups in total. The van der Waals surface area contributed by atoms with Crippen molar-refractivity contribution in [2.24, 2.45) is 0 Å². The van der Waals surface area contributed by atoms with Crippen LogP contribution in [0.5, 0.6) is 23.1 Å². The summed E-state index contributed by atoms with van der Waals surface area (Å²) in [6.45, 7) is 0. The predicted molar refractivity (Wildman–Crippen MR) is 69.4 cm³/mol. The Morgan fingerprint density at radius 1 is 1.00 bits per heavy atom. The molecule has 0 aliphatic carbocycles. The molecule has 2 rings (SSSR count). The number of halogens is 1. The number of aromatic nitrogens is 2. The quantitative estimate of drug-likeness (QED) is 0.868. The molecule has 0 bridgehead atoms. The van der Waals surface area contributed by atoms with Gasteiger partial charge in [0.2, 0.25) is 5.88 Å². The minimum Gasteiger partial charge on any atom is -0.496 e. The molecular formula is C12H11BrN2O3. The number of nitrogens with zero attached hydrogens (tertiary/aromatic N) is 2. The third kappa shape index (κ3) is 2.89. The molecule has 0 saturated carbocycles. The van der Waals surface area contributed by atoms with Crippen LogP contribution in [0.2, 0.25) is 0 Å². The van der Waals surface area contributed by atoms with Crippen molar-refractivity contribution in [3.63, 3.8) is 0 Å². The standard InChI is InChI=1S/C12H11BrN2O3/c1-16-8-3-9(17-2)5-10(4-8)18-12-11(13)6-14-7-15-12/h3-7H,1-2H3. The number of rotatable bonds is 4. The first-order valence-electron chi connectivity index (χ1n) is 5.09. The average molecular weight is 311 g/mol. The zero-order valence-electron chi connectivity index (χ0n) is 9.88. The zero-order chi connectivity index (χ0) is 13.0. The summed E-state index contributed by atoms with van der Waals surface area (Å²) in [7, 11) is 3.16. The monoisotopic (exact) mass is 310 g/mol. The van der Waals surface area contributed by atoms with Crippen LogP contribution in [0.4, 0.5) is 0 Å². The van der Waals surface area contributed by atoms with E-state index < -0.39 is 0 Å². The van der Waals surface area contributed by atoms with Crippen molar-refractivity contribution in [3.05, 3.63) is 35.2 Å². The first-order chi connectivity index (χ1) is 8.72. The Morgan fingerprint density at radius 3 is 2.17 bits per heavy atom. The van der Waals surface area contributed by atoms with Crippen LogP contribution in [0.1, 0.15) is 0 Å². The van der Waals surface area contributed by atoms with Gasteiger partial charge in [0.1, 0.15) is 23.6 Å². The van der Waals surface area contributed by atoms with Gasteiger partial charge in [-0.05, 0) is 15.9 Å². The maximum atomic E-state index is 5.64. The third-order valence-corrected chi connectivity index (χ3v) is 2.72. The molecule has 18 heavy (non-hydrogen) atoms. The van der Waals surface area contributed by atoms with E-state index in [0.29, 0.717) is 27.6 Å². The van der Waals surface area contributed by atoms with Crippen molar-refractivity contribution in [2.45, 2.75) is 0 Å². The van der Waals surface area contributed by atoms with Gasteiger partial charge in [-0.3, -0.25) is 0 Å². The second-order valence-corrected chi connectivity index (χ2v) is 4.18. The van der Waals surface area contributed by atoms with Crippen LogP contribution in [0.25, 0.3) is 0 Å². The van der Waals surface area contributed by atoms with Gasteiger partial charge in [-0.15, -0.1) is 0 Å². The SMILES string of the molecule is COc1cc(OC)cc(Oc2ncncc2Br)c1. The summed E-state index contributed by atoms with van der Waals surface area (Å²) in [6, 6.07) is 5.26. The number of benzene rings is 1. The van der Waals surface area contributed by atoms with Crippen LogP contribution in [0.15, 0.2) is 35.2 Å². The van der Waals surface area contributed by atoms with E-state index in [1.165, 1.54) is 6.33 Å². The minimum absolute atomic E-state index is 0.431. The molecule has 0 aliphatic heterocycles. The Hall–Kier alpha value is -1.82. The summed E-state index contributed by atoms with van der Waals surface area (Å²) in [6.07, 6.45) is 3.03. The van der Waals surface area contributed by atoms with E-state index in [2.05, 4.69) is 25.9 Å². The Labute approximate surface area is 113 Å². The largest absolute Gasteiger partial charge is 0.496 e. The summed E-state index contributed by atoms with van der Waals surface area (Å²) in [5.74, 6) is 2.30. The van der Waals surface area contributed by atoms with E-state index in [9.17, 15) is 0 Å². The lowest BCUT2D eigenvalue weighted by Gasteiger charge is -2.09. The van der Waals surface area contributed by atoms with Gasteiger partial charge in [0.05, 0.1) is 18.7 Å². The molecule has 0 radical (unpaired) electrons. The smallest absolute Gasteiger partial charge is 0.236 e. The lowest BCUT2D eigenvalue weighted by Crippen LogP contribution is -1.92. The van der Waals surface area contributed by atoms with Crippen molar-refractivity contribution in [2.75, 3.05) is 14.2 Å². The van der Waals surface area contributed by atoms with Crippen LogP contribution in [0, 0.1) is 0 Å². The van der Waals surface area contributed by atoms with Gasteiger partial charge in [-0.25, -0.2) is 9.97 Å². The van der Waals surface area contributed by atoms with Gasteiger partial charge in [0.25, 0.3) is 0 Å². The highest BCUT2D eigenvalue weighted by Crippen LogP contribution is 2.32. The first kappa shape index (κ1) is 12.6. The topological polar surface area (TPSA) is 53.5 Å². The number of ether oxygens (including phenoxy) is 3. The Bertz CT molecular complexity index is 526. The van der Waals surface area contributed by atoms with E-state index in [1.807, 2.05) is 0 Å². The van der Waals surface area contributed by atoms with Crippen LogP contribution in [0.3, 0.4) is 0 Å². The summed E-state index contributed by atoms with van der Waals surface area (Å²) >= 11 is 3.31. The second-order valence-electron chi connectivity index (χ2n) is 3.33. The van der Waals surface area contributed by atoms with E-state index in [1.54, 1.807) is 38.6 Å². The molecule has 0 atom stereocenters. The fraction of sp³-hybridized carbons (Fsp3) is 0.167. The normalized spacial score (nSPS) is 9.94. The molecule has 94 valence electrons. The molecule has 0 spiro atoms. The van der Waals surface area contributed by atoms with E-state index in [4.69, 9.17) is 14.2 Å². The molecular weight excluding hydrogens is 300 g/mol. The fourth-order valence-electron chi connectivity index (χ4n) is 1.33. The lowest BCUT2D eigenvalue weighted by molar-refractivity contribution is 0.384. The highest BCUT2D eigenvalue weighted by atomic mass is 79.9. The van der Waals surface area contributed by atoms with E-state index in [-0.39, 0.29) is 0 Å². The molecule has 0 fully saturated rings. The highest BCUT2D eigenvalue weighted by Gasteiger charge is 2.07. The maximum absolute atomic E-state index is 5.64. The molecule has 0 amide bonds. The van der Waals surface area contributed by atoms with Gasteiger partial charge in [-0.1, -0.05) is 0 Å². The molecule has 0 unspecified atom stereocenters. The molecule has 0 saturated heterocycles. The molecule has 1 aromatic carbocycles. The predicted octanol–water partition coefficient (Wildman–Crippen LogP) is 3.05. The van der Waals surface area contributed by atoms with Crippen molar-refractivity contribution in [1.82, 2.24) is 9.97 Å².